The molecule has 0 aromatic rings. The van der Waals surface area contributed by atoms with Crippen LogP contribution in [0.3, 0.4) is 0 Å². The van der Waals surface area contributed by atoms with Crippen LogP contribution in [0.5, 0.6) is 0 Å². The maximum Gasteiger partial charge on any atom is 0.405 e. The molecule has 1 heterocycles. The van der Waals surface area contributed by atoms with Crippen molar-refractivity contribution in [1.82, 2.24) is 0 Å². The summed E-state index contributed by atoms with van der Waals surface area (Å²) >= 11 is 0. The fraction of sp³-hybridized carbons (Fsp3) is 0.750. The minimum atomic E-state index is -5.81. The van der Waals surface area contributed by atoms with Gasteiger partial charge in [-0.05, 0) is 13.3 Å². The molecular weight excluding hydrogens is 438 g/mol. The van der Waals surface area contributed by atoms with Crippen LogP contribution in [0.2, 0.25) is 0 Å². The van der Waals surface area contributed by atoms with Gasteiger partial charge in [-0.25, -0.2) is 0 Å². The van der Waals surface area contributed by atoms with Crippen molar-refractivity contribution in [1.29, 1.82) is 0 Å². The summed E-state index contributed by atoms with van der Waals surface area (Å²) < 4.78 is 71.0. The number of fused-ring (bicyclic) bond motifs is 1. The molecule has 7 unspecified atom stereocenters. The van der Waals surface area contributed by atoms with Gasteiger partial charge < -0.3 is 19.3 Å². The summed E-state index contributed by atoms with van der Waals surface area (Å²) in [5.74, 6) is -7.01. The highest BCUT2D eigenvalue weighted by Gasteiger charge is 2.69. The van der Waals surface area contributed by atoms with E-state index in [1.165, 1.54) is 0 Å². The van der Waals surface area contributed by atoms with E-state index in [4.69, 9.17) is 14.0 Å². The molecule has 7 atom stereocenters. The van der Waals surface area contributed by atoms with Crippen molar-refractivity contribution in [3.8, 4) is 0 Å². The second-order valence-corrected chi connectivity index (χ2v) is 8.97. The van der Waals surface area contributed by atoms with Crippen molar-refractivity contribution in [3.63, 3.8) is 0 Å². The number of carbonyl (C=O) groups is 4. The molecule has 0 radical (unpaired) electrons. The average Bonchev–Trinajstić information content (AvgIpc) is 3.22. The zero-order valence-electron chi connectivity index (χ0n) is 15.4. The fourth-order valence-electron chi connectivity index (χ4n) is 4.43. The molecule has 2 aliphatic carbocycles. The molecule has 11 nitrogen and oxygen atoms in total. The lowest BCUT2D eigenvalue weighted by Crippen LogP contribution is -2.43. The van der Waals surface area contributed by atoms with Gasteiger partial charge >= 0.3 is 39.2 Å². The van der Waals surface area contributed by atoms with Crippen molar-refractivity contribution >= 4 is 34.0 Å². The quantitative estimate of drug-likeness (QED) is 0.286. The molecule has 0 amide bonds. The van der Waals surface area contributed by atoms with Crippen LogP contribution < -0.4 is 0 Å². The van der Waals surface area contributed by atoms with Crippen LogP contribution in [0.15, 0.2) is 0 Å². The van der Waals surface area contributed by atoms with Crippen LogP contribution in [-0.4, -0.2) is 65.5 Å². The molecule has 3 fully saturated rings. The first kappa shape index (κ1) is 22.3. The third-order valence-corrected chi connectivity index (χ3v) is 6.78. The first-order valence-electron chi connectivity index (χ1n) is 8.92. The summed E-state index contributed by atoms with van der Waals surface area (Å²) in [6.07, 6.45) is -5.30. The molecule has 2 saturated carbocycles. The van der Waals surface area contributed by atoms with Gasteiger partial charge in [0, 0.05) is 11.8 Å². The number of esters is 3. The van der Waals surface area contributed by atoms with E-state index in [2.05, 4.69) is 4.74 Å². The van der Waals surface area contributed by atoms with Crippen molar-refractivity contribution in [3.05, 3.63) is 0 Å². The Balaban J connectivity index is 1.54. The van der Waals surface area contributed by atoms with Gasteiger partial charge in [-0.15, -0.1) is 0 Å². The molecule has 2 bridgehead atoms. The van der Waals surface area contributed by atoms with Gasteiger partial charge in [0.2, 0.25) is 0 Å². The number of carbonyl (C=O) groups excluding carboxylic acids is 3. The maximum atomic E-state index is 13.4. The van der Waals surface area contributed by atoms with Crippen LogP contribution in [0.1, 0.15) is 26.2 Å². The fourth-order valence-corrected chi connectivity index (χ4v) is 4.90. The Morgan fingerprint density at radius 1 is 1.23 bits per heavy atom. The predicted octanol–water partition coefficient (Wildman–Crippen LogP) is -0.0172. The topological polar surface area (TPSA) is 171 Å². The molecule has 0 aromatic heterocycles. The molecule has 1 saturated heterocycles. The number of aliphatic carboxylic acids is 1. The number of rotatable bonds is 8. The van der Waals surface area contributed by atoms with Crippen LogP contribution in [0.25, 0.3) is 0 Å². The van der Waals surface area contributed by atoms with Gasteiger partial charge in [0.15, 0.2) is 6.10 Å². The van der Waals surface area contributed by atoms with E-state index >= 15 is 0 Å². The van der Waals surface area contributed by atoms with E-state index in [1.54, 1.807) is 0 Å². The predicted molar refractivity (Wildman–Crippen MR) is 87.3 cm³/mol. The lowest BCUT2D eigenvalue weighted by atomic mass is 9.78. The van der Waals surface area contributed by atoms with Gasteiger partial charge in [0.1, 0.15) is 12.2 Å². The molecule has 14 heteroatoms. The molecule has 168 valence electrons. The molecule has 0 spiro atoms. The van der Waals surface area contributed by atoms with E-state index in [9.17, 15) is 41.5 Å². The first-order valence-corrected chi connectivity index (χ1v) is 10.4. The van der Waals surface area contributed by atoms with Gasteiger partial charge in [-0.2, -0.15) is 17.2 Å². The van der Waals surface area contributed by atoms with Gasteiger partial charge in [0.25, 0.3) is 0 Å². The summed E-state index contributed by atoms with van der Waals surface area (Å²) in [6, 6.07) is 0. The summed E-state index contributed by atoms with van der Waals surface area (Å²) in [5, 5.41) is 4.64. The standard InChI is InChI=1S/C16H18F2O11S/c1-5(16(17,18)30(24,25)26)27-8(19)2-3-9(20)28-12-6-4-7-11(10(6)14(21)22)15(23)29-13(7)12/h5-7,10-13H,2-4H2,1H3,(H,21,22)(H,24,25,26). The van der Waals surface area contributed by atoms with Crippen molar-refractivity contribution < 1.29 is 60.2 Å². The van der Waals surface area contributed by atoms with Gasteiger partial charge in [0.05, 0.1) is 24.7 Å². The van der Waals surface area contributed by atoms with Crippen molar-refractivity contribution in [2.75, 3.05) is 0 Å². The van der Waals surface area contributed by atoms with E-state index in [-0.39, 0.29) is 5.92 Å². The smallest absolute Gasteiger partial charge is 0.405 e. The summed E-state index contributed by atoms with van der Waals surface area (Å²) in [4.78, 5) is 47.1. The van der Waals surface area contributed by atoms with E-state index in [1.807, 2.05) is 0 Å². The number of hydrogen-bond donors (Lipinski definition) is 2. The highest BCUT2D eigenvalue weighted by molar-refractivity contribution is 7.86. The molecule has 2 N–H and O–H groups in total. The van der Waals surface area contributed by atoms with E-state index < -0.39 is 88.2 Å². The largest absolute Gasteiger partial charge is 0.481 e. The average molecular weight is 456 g/mol. The second-order valence-electron chi connectivity index (χ2n) is 7.48. The minimum Gasteiger partial charge on any atom is -0.481 e. The Morgan fingerprint density at radius 2 is 1.83 bits per heavy atom. The number of halogens is 2. The Morgan fingerprint density at radius 3 is 2.40 bits per heavy atom. The number of ether oxygens (including phenoxy) is 3. The van der Waals surface area contributed by atoms with Gasteiger partial charge in [-0.3, -0.25) is 23.7 Å². The summed E-state index contributed by atoms with van der Waals surface area (Å²) in [5.41, 5.74) is 0. The first-order chi connectivity index (χ1) is 13.8. The zero-order valence-corrected chi connectivity index (χ0v) is 16.2. The molecule has 3 rings (SSSR count). The number of carboxylic acid groups (broad SMARTS) is 1. The zero-order chi connectivity index (χ0) is 22.6. The minimum absolute atomic E-state index is 0.334. The van der Waals surface area contributed by atoms with Crippen LogP contribution in [0, 0.1) is 23.7 Å². The number of carboxylic acids is 1. The molecule has 3 aliphatic rings. The lowest BCUT2D eigenvalue weighted by molar-refractivity contribution is -0.168. The Bertz CT molecular complexity index is 886. The molecule has 30 heavy (non-hydrogen) atoms. The Kier molecular flexibility index (Phi) is 5.52. The van der Waals surface area contributed by atoms with Gasteiger partial charge in [-0.1, -0.05) is 0 Å². The Hall–Kier alpha value is -2.35. The Labute approximate surface area is 168 Å². The molecule has 0 aromatic carbocycles. The second kappa shape index (κ2) is 7.41. The number of alkyl halides is 2. The third-order valence-electron chi connectivity index (χ3n) is 5.76. The SMILES string of the molecule is CC(OC(=O)CCC(=O)OC1C2CC3C1OC(=O)C3C2C(=O)O)C(F)(F)S(=O)(=O)O. The molecular formula is C16H18F2O11S. The summed E-state index contributed by atoms with van der Waals surface area (Å²) in [7, 11) is -5.81. The lowest BCUT2D eigenvalue weighted by Gasteiger charge is -2.29. The van der Waals surface area contributed by atoms with Crippen LogP contribution in [-0.2, 0) is 43.5 Å². The highest BCUT2D eigenvalue weighted by Crippen LogP contribution is 2.58. The monoisotopic (exact) mass is 456 g/mol. The molecule has 1 aliphatic heterocycles. The van der Waals surface area contributed by atoms with E-state index in [0.717, 1.165) is 0 Å². The number of hydrogen-bond acceptors (Lipinski definition) is 9. The van der Waals surface area contributed by atoms with Crippen molar-refractivity contribution in [2.45, 2.75) is 49.8 Å². The maximum absolute atomic E-state index is 13.4. The third kappa shape index (κ3) is 3.62. The normalized spacial score (nSPS) is 33.1. The van der Waals surface area contributed by atoms with Crippen molar-refractivity contribution in [2.24, 2.45) is 23.7 Å². The van der Waals surface area contributed by atoms with E-state index in [0.29, 0.717) is 13.3 Å². The summed E-state index contributed by atoms with van der Waals surface area (Å²) in [6.45, 7) is 0.552. The van der Waals surface area contributed by atoms with Crippen LogP contribution >= 0.6 is 0 Å². The van der Waals surface area contributed by atoms with Crippen LogP contribution in [0.4, 0.5) is 8.78 Å². The highest BCUT2D eigenvalue weighted by atomic mass is 32.2.